The number of rotatable bonds is 5. The second kappa shape index (κ2) is 9.93. The molecular formula is C26H32N4O4SSi. The van der Waals surface area contributed by atoms with Gasteiger partial charge in [-0.15, -0.1) is 0 Å². The first kappa shape index (κ1) is 24.9. The van der Waals surface area contributed by atoms with Crippen LogP contribution in [-0.4, -0.2) is 47.4 Å². The van der Waals surface area contributed by atoms with E-state index in [4.69, 9.17) is 14.5 Å². The van der Waals surface area contributed by atoms with E-state index < -0.39 is 8.07 Å². The molecule has 10 heteroatoms. The van der Waals surface area contributed by atoms with Crippen molar-refractivity contribution in [2.75, 3.05) is 19.7 Å². The zero-order valence-electron chi connectivity index (χ0n) is 21.2. The minimum Gasteiger partial charge on any atom is -0.487 e. The van der Waals surface area contributed by atoms with Crippen molar-refractivity contribution in [1.29, 1.82) is 0 Å². The standard InChI is InChI=1S/C26H32N4O4SSi/c1-17-15-27-11-12-30-25(31)19-8-5-7-18(24(19)35-30)22-26(32)29(16-33-13-14-36(2,3)4)20-9-6-10-21(34-17)23(20)28-22/h5-10,17,27H,11-16H2,1-4H3/t17-/m0/s1. The molecule has 2 aromatic carbocycles. The highest BCUT2D eigenvalue weighted by molar-refractivity contribution is 7.14. The molecule has 1 atom stereocenters. The highest BCUT2D eigenvalue weighted by atomic mass is 32.1. The van der Waals surface area contributed by atoms with Gasteiger partial charge in [0.25, 0.3) is 11.1 Å². The number of nitrogens with zero attached hydrogens (tertiary/aromatic N) is 3. The lowest BCUT2D eigenvalue weighted by molar-refractivity contribution is 0.0878. The van der Waals surface area contributed by atoms with Gasteiger partial charge >= 0.3 is 0 Å². The van der Waals surface area contributed by atoms with Gasteiger partial charge < -0.3 is 14.8 Å². The van der Waals surface area contributed by atoms with Gasteiger partial charge in [0.1, 0.15) is 29.8 Å². The molecule has 4 aromatic rings. The molecule has 190 valence electrons. The Labute approximate surface area is 214 Å². The summed E-state index contributed by atoms with van der Waals surface area (Å²) in [5.74, 6) is 0.619. The highest BCUT2D eigenvalue weighted by Gasteiger charge is 2.21. The Bertz CT molecular complexity index is 1540. The van der Waals surface area contributed by atoms with Gasteiger partial charge in [-0.2, -0.15) is 0 Å². The molecule has 1 N–H and O–H groups in total. The Hall–Kier alpha value is -2.79. The van der Waals surface area contributed by atoms with E-state index in [2.05, 4.69) is 25.0 Å². The molecule has 36 heavy (non-hydrogen) atoms. The van der Waals surface area contributed by atoms with E-state index >= 15 is 0 Å². The van der Waals surface area contributed by atoms with Crippen LogP contribution in [0.1, 0.15) is 6.92 Å². The predicted octanol–water partition coefficient (Wildman–Crippen LogP) is 4.12. The summed E-state index contributed by atoms with van der Waals surface area (Å²) in [5, 5.41) is 3.98. The summed E-state index contributed by atoms with van der Waals surface area (Å²) >= 11 is 1.38. The van der Waals surface area contributed by atoms with Crippen LogP contribution in [0.2, 0.25) is 25.7 Å². The maximum atomic E-state index is 13.9. The Balaban J connectivity index is 1.72. The monoisotopic (exact) mass is 524 g/mol. The minimum absolute atomic E-state index is 0.0469. The number of hydrogen-bond acceptors (Lipinski definition) is 7. The van der Waals surface area contributed by atoms with Crippen molar-refractivity contribution >= 4 is 40.7 Å². The third kappa shape index (κ3) is 4.90. The molecule has 3 heterocycles. The largest absolute Gasteiger partial charge is 0.487 e. The molecule has 2 aromatic heterocycles. The van der Waals surface area contributed by atoms with Gasteiger partial charge in [0.2, 0.25) is 0 Å². The fourth-order valence-electron chi connectivity index (χ4n) is 4.34. The molecule has 0 amide bonds. The summed E-state index contributed by atoms with van der Waals surface area (Å²) in [6.07, 6.45) is -0.129. The molecule has 0 aliphatic carbocycles. The van der Waals surface area contributed by atoms with Gasteiger partial charge in [0.05, 0.1) is 15.6 Å². The maximum Gasteiger partial charge on any atom is 0.279 e. The fraction of sp³-hybridized carbons (Fsp3) is 0.423. The van der Waals surface area contributed by atoms with Crippen molar-refractivity contribution in [3.05, 3.63) is 57.1 Å². The van der Waals surface area contributed by atoms with Gasteiger partial charge in [-0.1, -0.05) is 49.4 Å². The van der Waals surface area contributed by atoms with E-state index in [1.807, 2.05) is 43.3 Å². The molecule has 4 bridgehead atoms. The lowest BCUT2D eigenvalue weighted by Gasteiger charge is -2.19. The normalized spacial score (nSPS) is 16.5. The van der Waals surface area contributed by atoms with E-state index in [1.54, 1.807) is 8.52 Å². The Kier molecular flexibility index (Phi) is 6.86. The van der Waals surface area contributed by atoms with Crippen molar-refractivity contribution < 1.29 is 9.47 Å². The van der Waals surface area contributed by atoms with Crippen LogP contribution in [0.4, 0.5) is 0 Å². The molecule has 8 nitrogen and oxygen atoms in total. The highest BCUT2D eigenvalue weighted by Crippen LogP contribution is 2.31. The van der Waals surface area contributed by atoms with E-state index in [-0.39, 0.29) is 24.0 Å². The molecule has 5 rings (SSSR count). The lowest BCUT2D eigenvalue weighted by atomic mass is 10.1. The number of para-hydroxylation sites is 1. The summed E-state index contributed by atoms with van der Waals surface area (Å²) in [6.45, 7) is 11.4. The number of benzene rings is 2. The molecule has 0 radical (unpaired) electrons. The average Bonchev–Trinajstić information content (AvgIpc) is 3.15. The van der Waals surface area contributed by atoms with Crippen LogP contribution in [0, 0.1) is 0 Å². The third-order valence-electron chi connectivity index (χ3n) is 6.34. The summed E-state index contributed by atoms with van der Waals surface area (Å²) in [4.78, 5) is 31.8. The number of hydrogen-bond donors (Lipinski definition) is 1. The van der Waals surface area contributed by atoms with Gasteiger partial charge in [0, 0.05) is 39.9 Å². The second-order valence-electron chi connectivity index (χ2n) is 10.5. The maximum absolute atomic E-state index is 13.9. The molecular weight excluding hydrogens is 492 g/mol. The van der Waals surface area contributed by atoms with Gasteiger partial charge in [-0.3, -0.25) is 18.1 Å². The van der Waals surface area contributed by atoms with E-state index in [9.17, 15) is 9.59 Å². The Morgan fingerprint density at radius 2 is 1.97 bits per heavy atom. The van der Waals surface area contributed by atoms with Crippen LogP contribution in [-0.2, 0) is 18.0 Å². The molecule has 0 unspecified atom stereocenters. The van der Waals surface area contributed by atoms with E-state index in [0.29, 0.717) is 59.7 Å². The van der Waals surface area contributed by atoms with Crippen molar-refractivity contribution in [1.82, 2.24) is 18.8 Å². The number of fused-ring (bicyclic) bond motifs is 3. The first-order chi connectivity index (χ1) is 17.2. The first-order valence-electron chi connectivity index (χ1n) is 12.3. The molecule has 1 aliphatic heterocycles. The van der Waals surface area contributed by atoms with Crippen molar-refractivity contribution in [3.8, 4) is 17.0 Å². The SMILES string of the molecule is C[C@H]1CNCCn2sc3c(cccc3c2=O)-c2nc3c(cccc3n(COCC[Si](C)(C)C)c2=O)O1. The smallest absolute Gasteiger partial charge is 0.279 e. The number of aromatic nitrogens is 3. The molecule has 0 fully saturated rings. The fourth-order valence-corrected chi connectivity index (χ4v) is 6.20. The van der Waals surface area contributed by atoms with E-state index in [1.165, 1.54) is 11.5 Å². The van der Waals surface area contributed by atoms with Crippen molar-refractivity contribution in [3.63, 3.8) is 0 Å². The first-order valence-corrected chi connectivity index (χ1v) is 16.8. The van der Waals surface area contributed by atoms with Crippen LogP contribution in [0.15, 0.2) is 46.0 Å². The quantitative estimate of drug-likeness (QED) is 0.312. The summed E-state index contributed by atoms with van der Waals surface area (Å²) in [5.41, 5.74) is 1.94. The lowest BCUT2D eigenvalue weighted by Crippen LogP contribution is -2.32. The van der Waals surface area contributed by atoms with Gasteiger partial charge in [0.15, 0.2) is 0 Å². The zero-order chi connectivity index (χ0) is 25.4. The number of nitrogens with one attached hydrogen (secondary N) is 1. The van der Waals surface area contributed by atoms with E-state index in [0.717, 1.165) is 10.7 Å². The summed E-state index contributed by atoms with van der Waals surface area (Å²) in [7, 11) is -1.27. The Morgan fingerprint density at radius 3 is 2.78 bits per heavy atom. The molecule has 0 saturated carbocycles. The van der Waals surface area contributed by atoms with Crippen LogP contribution in [0.3, 0.4) is 0 Å². The molecule has 1 aliphatic rings. The zero-order valence-corrected chi connectivity index (χ0v) is 23.0. The Morgan fingerprint density at radius 1 is 1.17 bits per heavy atom. The van der Waals surface area contributed by atoms with Crippen LogP contribution in [0.25, 0.3) is 32.4 Å². The van der Waals surface area contributed by atoms with Crippen LogP contribution < -0.4 is 21.2 Å². The molecule has 0 spiro atoms. The molecule has 0 saturated heterocycles. The summed E-state index contributed by atoms with van der Waals surface area (Å²) < 4.78 is 16.4. The summed E-state index contributed by atoms with van der Waals surface area (Å²) in [6, 6.07) is 12.2. The van der Waals surface area contributed by atoms with Crippen molar-refractivity contribution in [2.45, 2.75) is 52.0 Å². The van der Waals surface area contributed by atoms with Crippen LogP contribution in [0.5, 0.6) is 5.75 Å². The average molecular weight is 525 g/mol. The minimum atomic E-state index is -1.27. The topological polar surface area (TPSA) is 87.4 Å². The second-order valence-corrected chi connectivity index (χ2v) is 17.1. The number of ether oxygens (including phenoxy) is 2. The van der Waals surface area contributed by atoms with Gasteiger partial charge in [-0.25, -0.2) is 4.98 Å². The van der Waals surface area contributed by atoms with Crippen LogP contribution >= 0.6 is 11.5 Å². The third-order valence-corrected chi connectivity index (χ3v) is 9.23. The predicted molar refractivity (Wildman–Crippen MR) is 148 cm³/mol. The van der Waals surface area contributed by atoms with Gasteiger partial charge in [-0.05, 0) is 31.2 Å². The van der Waals surface area contributed by atoms with Crippen molar-refractivity contribution in [2.24, 2.45) is 0 Å².